The van der Waals surface area contributed by atoms with Gasteiger partial charge in [0.05, 0.1) is 10.0 Å². The molecule has 1 N–H and O–H groups in total. The normalized spacial score (nSPS) is 12.7. The van der Waals surface area contributed by atoms with Gasteiger partial charge in [0, 0.05) is 7.05 Å². The van der Waals surface area contributed by atoms with Crippen LogP contribution in [0.1, 0.15) is 13.8 Å². The Morgan fingerprint density at radius 1 is 1.26 bits per heavy atom. The number of carboxylic acids is 1. The number of halogens is 2. The molecule has 5 nitrogen and oxygen atoms in total. The second-order valence-electron chi connectivity index (χ2n) is 4.39. The minimum Gasteiger partial charge on any atom is -0.480 e. The summed E-state index contributed by atoms with van der Waals surface area (Å²) in [4.78, 5) is 10.8. The molecular formula is C11H13Cl2NO4S. The molecule has 19 heavy (non-hydrogen) atoms. The fourth-order valence-corrected chi connectivity index (χ4v) is 3.87. The van der Waals surface area contributed by atoms with E-state index in [1.807, 2.05) is 0 Å². The molecule has 0 fully saturated rings. The number of aliphatic carboxylic acids is 1. The van der Waals surface area contributed by atoms with Gasteiger partial charge in [0.1, 0.15) is 10.4 Å². The van der Waals surface area contributed by atoms with E-state index in [1.165, 1.54) is 39.1 Å². The van der Waals surface area contributed by atoms with Gasteiger partial charge in [-0.25, -0.2) is 8.42 Å². The van der Waals surface area contributed by atoms with E-state index in [4.69, 9.17) is 28.3 Å². The quantitative estimate of drug-likeness (QED) is 0.922. The predicted molar refractivity (Wildman–Crippen MR) is 73.1 cm³/mol. The third-order valence-corrected chi connectivity index (χ3v) is 5.84. The molecule has 0 aliphatic heterocycles. The minimum atomic E-state index is -4.11. The molecule has 1 rings (SSSR count). The molecule has 1 aromatic carbocycles. The summed E-state index contributed by atoms with van der Waals surface area (Å²) in [6.45, 7) is 2.55. The van der Waals surface area contributed by atoms with E-state index in [-0.39, 0.29) is 14.9 Å². The Morgan fingerprint density at radius 3 is 2.05 bits per heavy atom. The first-order valence-corrected chi connectivity index (χ1v) is 7.39. The highest BCUT2D eigenvalue weighted by molar-refractivity contribution is 7.89. The predicted octanol–water partition coefficient (Wildman–Crippen LogP) is 2.48. The molecule has 0 atom stereocenters. The van der Waals surface area contributed by atoms with E-state index in [9.17, 15) is 13.2 Å². The van der Waals surface area contributed by atoms with Crippen molar-refractivity contribution in [1.82, 2.24) is 4.31 Å². The van der Waals surface area contributed by atoms with Crippen molar-refractivity contribution < 1.29 is 18.3 Å². The molecule has 0 radical (unpaired) electrons. The molecule has 0 spiro atoms. The lowest BCUT2D eigenvalue weighted by atomic mass is 10.1. The van der Waals surface area contributed by atoms with Gasteiger partial charge in [-0.3, -0.25) is 4.79 Å². The lowest BCUT2D eigenvalue weighted by molar-refractivity contribution is -0.145. The summed E-state index contributed by atoms with van der Waals surface area (Å²) >= 11 is 11.7. The number of sulfonamides is 1. The number of rotatable bonds is 4. The molecule has 0 aliphatic carbocycles. The first kappa shape index (κ1) is 16.2. The smallest absolute Gasteiger partial charge is 0.324 e. The molecular weight excluding hydrogens is 313 g/mol. The Balaban J connectivity index is 3.45. The van der Waals surface area contributed by atoms with E-state index >= 15 is 0 Å². The van der Waals surface area contributed by atoms with Gasteiger partial charge < -0.3 is 5.11 Å². The molecule has 0 saturated carbocycles. The standard InChI is InChI=1S/C11H13Cl2NO4S/c1-11(2,10(15)16)14(3)19(17,18)9-7(12)5-4-6-8(9)13/h4-6H,1-3H3,(H,15,16). The number of benzene rings is 1. The van der Waals surface area contributed by atoms with Crippen LogP contribution in [0.25, 0.3) is 0 Å². The molecule has 0 aromatic heterocycles. The summed E-state index contributed by atoms with van der Waals surface area (Å²) < 4.78 is 25.6. The summed E-state index contributed by atoms with van der Waals surface area (Å²) in [5, 5.41) is 8.98. The van der Waals surface area contributed by atoms with Gasteiger partial charge in [-0.1, -0.05) is 29.3 Å². The molecule has 1 aromatic rings. The zero-order valence-corrected chi connectivity index (χ0v) is 12.8. The number of carbonyl (C=O) groups is 1. The molecule has 106 valence electrons. The fraction of sp³-hybridized carbons (Fsp3) is 0.364. The van der Waals surface area contributed by atoms with Crippen LogP contribution in [0.3, 0.4) is 0 Å². The monoisotopic (exact) mass is 325 g/mol. The van der Waals surface area contributed by atoms with E-state index < -0.39 is 21.5 Å². The number of likely N-dealkylation sites (N-methyl/N-ethyl adjacent to an activating group) is 1. The number of nitrogens with zero attached hydrogens (tertiary/aromatic N) is 1. The molecule has 0 aliphatic rings. The summed E-state index contributed by atoms with van der Waals surface area (Å²) in [6.07, 6.45) is 0. The maximum atomic E-state index is 12.4. The Kier molecular flexibility index (Phi) is 4.51. The van der Waals surface area contributed by atoms with Crippen LogP contribution in [0, 0.1) is 0 Å². The third-order valence-electron chi connectivity index (χ3n) is 2.85. The van der Waals surface area contributed by atoms with Crippen molar-refractivity contribution in [2.24, 2.45) is 0 Å². The molecule has 0 heterocycles. The Labute approximate surface area is 121 Å². The van der Waals surface area contributed by atoms with Crippen LogP contribution >= 0.6 is 23.2 Å². The van der Waals surface area contributed by atoms with E-state index in [2.05, 4.69) is 0 Å². The number of hydrogen-bond donors (Lipinski definition) is 1. The van der Waals surface area contributed by atoms with Crippen molar-refractivity contribution in [1.29, 1.82) is 0 Å². The van der Waals surface area contributed by atoms with Gasteiger partial charge in [0.15, 0.2) is 0 Å². The highest BCUT2D eigenvalue weighted by Gasteiger charge is 2.41. The molecule has 8 heteroatoms. The van der Waals surface area contributed by atoms with Crippen LogP contribution in [-0.2, 0) is 14.8 Å². The average Bonchev–Trinajstić information content (AvgIpc) is 2.27. The van der Waals surface area contributed by atoms with Crippen LogP contribution in [-0.4, -0.2) is 36.4 Å². The van der Waals surface area contributed by atoms with Gasteiger partial charge in [-0.2, -0.15) is 4.31 Å². The molecule has 0 unspecified atom stereocenters. The maximum Gasteiger partial charge on any atom is 0.324 e. The second-order valence-corrected chi connectivity index (χ2v) is 7.11. The summed E-state index contributed by atoms with van der Waals surface area (Å²) in [5.74, 6) is -1.28. The van der Waals surface area contributed by atoms with Crippen molar-refractivity contribution in [3.05, 3.63) is 28.2 Å². The van der Waals surface area contributed by atoms with Gasteiger partial charge in [-0.05, 0) is 26.0 Å². The SMILES string of the molecule is CN(C(C)(C)C(=O)O)S(=O)(=O)c1c(Cl)cccc1Cl. The van der Waals surface area contributed by atoms with Crippen LogP contribution < -0.4 is 0 Å². The van der Waals surface area contributed by atoms with Crippen LogP contribution in [0.5, 0.6) is 0 Å². The zero-order valence-electron chi connectivity index (χ0n) is 10.5. The van der Waals surface area contributed by atoms with Crippen molar-refractivity contribution >= 4 is 39.2 Å². The Bertz CT molecular complexity index is 593. The third kappa shape index (κ3) is 2.86. The van der Waals surface area contributed by atoms with Crippen LogP contribution in [0.2, 0.25) is 10.0 Å². The first-order chi connectivity index (χ1) is 8.52. The highest BCUT2D eigenvalue weighted by Crippen LogP contribution is 2.33. The topological polar surface area (TPSA) is 74.7 Å². The fourth-order valence-electron chi connectivity index (χ4n) is 1.30. The van der Waals surface area contributed by atoms with Gasteiger partial charge >= 0.3 is 5.97 Å². The van der Waals surface area contributed by atoms with Crippen molar-refractivity contribution in [3.63, 3.8) is 0 Å². The van der Waals surface area contributed by atoms with E-state index in [0.717, 1.165) is 4.31 Å². The number of carboxylic acid groups (broad SMARTS) is 1. The summed E-state index contributed by atoms with van der Waals surface area (Å²) in [6, 6.07) is 4.26. The lowest BCUT2D eigenvalue weighted by Crippen LogP contribution is -2.50. The van der Waals surface area contributed by atoms with Crippen molar-refractivity contribution in [2.75, 3.05) is 7.05 Å². The largest absolute Gasteiger partial charge is 0.480 e. The van der Waals surface area contributed by atoms with Gasteiger partial charge in [-0.15, -0.1) is 0 Å². The van der Waals surface area contributed by atoms with Crippen molar-refractivity contribution in [3.8, 4) is 0 Å². The Hall–Kier alpha value is -0.820. The second kappa shape index (κ2) is 5.28. The highest BCUT2D eigenvalue weighted by atomic mass is 35.5. The van der Waals surface area contributed by atoms with Crippen LogP contribution in [0.4, 0.5) is 0 Å². The number of hydrogen-bond acceptors (Lipinski definition) is 3. The average molecular weight is 326 g/mol. The molecule has 0 saturated heterocycles. The maximum absolute atomic E-state index is 12.4. The summed E-state index contributed by atoms with van der Waals surface area (Å²) in [7, 11) is -2.94. The van der Waals surface area contributed by atoms with Crippen molar-refractivity contribution in [2.45, 2.75) is 24.3 Å². The zero-order chi connectivity index (χ0) is 15.0. The Morgan fingerprint density at radius 2 is 1.68 bits per heavy atom. The minimum absolute atomic E-state index is 0.0551. The lowest BCUT2D eigenvalue weighted by Gasteiger charge is -2.30. The van der Waals surface area contributed by atoms with E-state index in [0.29, 0.717) is 0 Å². The molecule has 0 bridgehead atoms. The van der Waals surface area contributed by atoms with Crippen LogP contribution in [0.15, 0.2) is 23.1 Å². The van der Waals surface area contributed by atoms with Gasteiger partial charge in [0.2, 0.25) is 10.0 Å². The van der Waals surface area contributed by atoms with Gasteiger partial charge in [0.25, 0.3) is 0 Å². The molecule has 0 amide bonds. The first-order valence-electron chi connectivity index (χ1n) is 5.19. The van der Waals surface area contributed by atoms with E-state index in [1.54, 1.807) is 0 Å². The summed E-state index contributed by atoms with van der Waals surface area (Å²) in [5.41, 5.74) is -1.62.